The number of rotatable bonds is 6. The number of aromatic nitrogens is 2. The largest absolute Gasteiger partial charge is 0.344 e. The van der Waals surface area contributed by atoms with Gasteiger partial charge in [0, 0.05) is 25.2 Å². The van der Waals surface area contributed by atoms with Crippen molar-refractivity contribution in [2.45, 2.75) is 39.8 Å². The summed E-state index contributed by atoms with van der Waals surface area (Å²) in [7, 11) is 1.70. The maximum Gasteiger partial charge on any atom is 0.331 e. The zero-order valence-electron chi connectivity index (χ0n) is 14.2. The molecule has 1 aromatic carbocycles. The molecule has 1 heterocycles. The van der Waals surface area contributed by atoms with E-state index < -0.39 is 5.69 Å². The molecule has 1 aromatic heterocycles. The van der Waals surface area contributed by atoms with E-state index in [1.54, 1.807) is 30.1 Å². The number of benzene rings is 1. The zero-order chi connectivity index (χ0) is 17.9. The number of carbonyl (C=O) groups excluding carboxylic acids is 1. The molecule has 0 aliphatic heterocycles. The average Bonchev–Trinajstić information content (AvgIpc) is 2.55. The fourth-order valence-corrected chi connectivity index (χ4v) is 2.85. The van der Waals surface area contributed by atoms with Crippen molar-refractivity contribution in [3.05, 3.63) is 44.1 Å². The Morgan fingerprint density at radius 2 is 1.88 bits per heavy atom. The van der Waals surface area contributed by atoms with Gasteiger partial charge in [0.05, 0.1) is 10.9 Å². The lowest BCUT2D eigenvalue weighted by molar-refractivity contribution is -0.130. The summed E-state index contributed by atoms with van der Waals surface area (Å²) in [6.45, 7) is 4.68. The highest BCUT2D eigenvalue weighted by atomic mass is 35.5. The first-order chi connectivity index (χ1) is 11.4. The number of halogens is 1. The SMILES string of the molecule is CCCN(C)C(=O)Cn1c(=O)n(CCC)c(=O)c2ccc(Cl)cc21. The van der Waals surface area contributed by atoms with Crippen molar-refractivity contribution in [2.24, 2.45) is 0 Å². The zero-order valence-corrected chi connectivity index (χ0v) is 15.0. The number of carbonyl (C=O) groups is 1. The molecule has 0 unspecified atom stereocenters. The highest BCUT2D eigenvalue weighted by Gasteiger charge is 2.17. The molecule has 130 valence electrons. The van der Waals surface area contributed by atoms with E-state index in [9.17, 15) is 14.4 Å². The molecule has 24 heavy (non-hydrogen) atoms. The van der Waals surface area contributed by atoms with Gasteiger partial charge < -0.3 is 4.90 Å². The summed E-state index contributed by atoms with van der Waals surface area (Å²) < 4.78 is 2.52. The molecule has 0 atom stereocenters. The predicted octanol–water partition coefficient (Wildman–Crippen LogP) is 2.09. The van der Waals surface area contributed by atoms with Gasteiger partial charge in [-0.05, 0) is 31.0 Å². The van der Waals surface area contributed by atoms with Gasteiger partial charge >= 0.3 is 5.69 Å². The van der Waals surface area contributed by atoms with Crippen molar-refractivity contribution < 1.29 is 4.79 Å². The van der Waals surface area contributed by atoms with Crippen LogP contribution in [0.15, 0.2) is 27.8 Å². The molecule has 0 aliphatic rings. The van der Waals surface area contributed by atoms with Crippen LogP contribution in [0.5, 0.6) is 0 Å². The molecule has 0 fully saturated rings. The Bertz CT molecular complexity index is 870. The second kappa shape index (κ2) is 7.66. The number of nitrogens with zero attached hydrogens (tertiary/aromatic N) is 3. The maximum atomic E-state index is 12.7. The smallest absolute Gasteiger partial charge is 0.331 e. The molecule has 1 amide bonds. The van der Waals surface area contributed by atoms with Crippen LogP contribution < -0.4 is 11.2 Å². The third kappa shape index (κ3) is 3.53. The summed E-state index contributed by atoms with van der Waals surface area (Å²) in [5.41, 5.74) is -0.433. The number of hydrogen-bond donors (Lipinski definition) is 0. The van der Waals surface area contributed by atoms with Crippen LogP contribution in [0, 0.1) is 0 Å². The Kier molecular flexibility index (Phi) is 5.83. The van der Waals surface area contributed by atoms with Gasteiger partial charge in [-0.15, -0.1) is 0 Å². The Morgan fingerprint density at radius 3 is 2.50 bits per heavy atom. The Hall–Kier alpha value is -2.08. The van der Waals surface area contributed by atoms with E-state index in [0.717, 1.165) is 6.42 Å². The third-order valence-corrected chi connectivity index (χ3v) is 4.15. The lowest BCUT2D eigenvalue weighted by Crippen LogP contribution is -2.43. The molecular weight excluding hydrogens is 330 g/mol. The van der Waals surface area contributed by atoms with Crippen LogP contribution >= 0.6 is 11.6 Å². The van der Waals surface area contributed by atoms with E-state index in [0.29, 0.717) is 35.4 Å². The molecule has 6 nitrogen and oxygen atoms in total. The summed E-state index contributed by atoms with van der Waals surface area (Å²) in [6, 6.07) is 4.77. The van der Waals surface area contributed by atoms with E-state index in [-0.39, 0.29) is 18.0 Å². The summed E-state index contributed by atoms with van der Waals surface area (Å²) >= 11 is 6.03. The summed E-state index contributed by atoms with van der Waals surface area (Å²) in [4.78, 5) is 39.2. The van der Waals surface area contributed by atoms with Crippen LogP contribution in [0.3, 0.4) is 0 Å². The molecule has 0 saturated carbocycles. The van der Waals surface area contributed by atoms with E-state index >= 15 is 0 Å². The van der Waals surface area contributed by atoms with Crippen molar-refractivity contribution in [2.75, 3.05) is 13.6 Å². The van der Waals surface area contributed by atoms with Gasteiger partial charge in [0.1, 0.15) is 6.54 Å². The van der Waals surface area contributed by atoms with Crippen LogP contribution in [0.1, 0.15) is 26.7 Å². The number of hydrogen-bond acceptors (Lipinski definition) is 3. The molecule has 0 radical (unpaired) electrons. The van der Waals surface area contributed by atoms with Crippen molar-refractivity contribution >= 4 is 28.4 Å². The number of likely N-dealkylation sites (N-methyl/N-ethyl adjacent to an activating group) is 1. The van der Waals surface area contributed by atoms with E-state index in [1.807, 2.05) is 13.8 Å². The minimum atomic E-state index is -0.477. The second-order valence-corrected chi connectivity index (χ2v) is 6.24. The summed E-state index contributed by atoms with van der Waals surface area (Å²) in [5, 5.41) is 0.802. The van der Waals surface area contributed by atoms with E-state index in [1.165, 1.54) is 9.13 Å². The molecule has 0 aliphatic carbocycles. The average molecular weight is 352 g/mol. The molecule has 0 bridgehead atoms. The van der Waals surface area contributed by atoms with Gasteiger partial charge in [-0.2, -0.15) is 0 Å². The summed E-state index contributed by atoms with van der Waals surface area (Å²) in [5.74, 6) is -0.179. The lowest BCUT2D eigenvalue weighted by atomic mass is 10.2. The van der Waals surface area contributed by atoms with Crippen molar-refractivity contribution in [3.8, 4) is 0 Å². The maximum absolute atomic E-state index is 12.7. The minimum Gasteiger partial charge on any atom is -0.344 e. The molecule has 2 aromatic rings. The van der Waals surface area contributed by atoms with Crippen LogP contribution in [0.4, 0.5) is 0 Å². The third-order valence-electron chi connectivity index (χ3n) is 3.91. The number of fused-ring (bicyclic) bond motifs is 1. The Morgan fingerprint density at radius 1 is 1.17 bits per heavy atom. The topological polar surface area (TPSA) is 64.3 Å². The van der Waals surface area contributed by atoms with Crippen molar-refractivity contribution in [3.63, 3.8) is 0 Å². The van der Waals surface area contributed by atoms with E-state index in [2.05, 4.69) is 0 Å². The van der Waals surface area contributed by atoms with Gasteiger partial charge in [0.2, 0.25) is 5.91 Å². The lowest BCUT2D eigenvalue weighted by Gasteiger charge is -2.19. The highest BCUT2D eigenvalue weighted by Crippen LogP contribution is 2.16. The van der Waals surface area contributed by atoms with Crippen LogP contribution in [-0.2, 0) is 17.9 Å². The Labute approximate surface area is 145 Å². The molecule has 0 spiro atoms. The van der Waals surface area contributed by atoms with Gasteiger partial charge in [0.25, 0.3) is 5.56 Å². The second-order valence-electron chi connectivity index (χ2n) is 5.80. The summed E-state index contributed by atoms with van der Waals surface area (Å²) in [6.07, 6.45) is 1.48. The first-order valence-electron chi connectivity index (χ1n) is 8.07. The van der Waals surface area contributed by atoms with Gasteiger partial charge in [-0.25, -0.2) is 4.79 Å². The van der Waals surface area contributed by atoms with Crippen molar-refractivity contribution in [1.29, 1.82) is 0 Å². The van der Waals surface area contributed by atoms with Crippen molar-refractivity contribution in [1.82, 2.24) is 14.0 Å². The molecular formula is C17H22ClN3O3. The fourth-order valence-electron chi connectivity index (χ4n) is 2.68. The number of amides is 1. The van der Waals surface area contributed by atoms with E-state index in [4.69, 9.17) is 11.6 Å². The van der Waals surface area contributed by atoms with Gasteiger partial charge in [-0.1, -0.05) is 25.4 Å². The van der Waals surface area contributed by atoms with Crippen LogP contribution in [0.25, 0.3) is 10.9 Å². The molecule has 0 N–H and O–H groups in total. The van der Waals surface area contributed by atoms with Crippen LogP contribution in [0.2, 0.25) is 5.02 Å². The monoisotopic (exact) mass is 351 g/mol. The molecule has 2 rings (SSSR count). The van der Waals surface area contributed by atoms with Gasteiger partial charge in [0.15, 0.2) is 0 Å². The quantitative estimate of drug-likeness (QED) is 0.800. The molecule has 7 heteroatoms. The fraction of sp³-hybridized carbons (Fsp3) is 0.471. The minimum absolute atomic E-state index is 0.115. The van der Waals surface area contributed by atoms with Crippen LogP contribution in [-0.4, -0.2) is 33.5 Å². The first kappa shape index (κ1) is 18.3. The Balaban J connectivity index is 2.66. The molecule has 0 saturated heterocycles. The van der Waals surface area contributed by atoms with Gasteiger partial charge in [-0.3, -0.25) is 18.7 Å². The predicted molar refractivity (Wildman–Crippen MR) is 95.7 cm³/mol. The highest BCUT2D eigenvalue weighted by molar-refractivity contribution is 6.31. The normalized spacial score (nSPS) is 11.0. The standard InChI is InChI=1S/C17H22ClN3O3/c1-4-8-19(3)15(22)11-21-14-10-12(18)6-7-13(14)16(23)20(9-5-2)17(21)24/h6-7,10H,4-5,8-9,11H2,1-3H3. The first-order valence-corrected chi connectivity index (χ1v) is 8.45.